The van der Waals surface area contributed by atoms with E-state index in [1.54, 1.807) is 0 Å². The van der Waals surface area contributed by atoms with Crippen molar-refractivity contribution in [1.29, 1.82) is 0 Å². The van der Waals surface area contributed by atoms with E-state index in [4.69, 9.17) is 30.2 Å². The highest BCUT2D eigenvalue weighted by Crippen LogP contribution is 2.35. The van der Waals surface area contributed by atoms with Crippen LogP contribution in [0.5, 0.6) is 0 Å². The largest absolute Gasteiger partial charge is 0.506 e. The fraction of sp³-hybridized carbons (Fsp3) is 0.600. The van der Waals surface area contributed by atoms with Gasteiger partial charge in [-0.25, -0.2) is 4.57 Å². The standard InChI is InChI=1S/C5H11O8P/c6-1-3(7)5(9)4(8)2-13-14(10,11)12/h4,6-9H,1-2H2,(H2,10,11,12)/b5-3-/t4-/m1/s1. The molecule has 0 aromatic heterocycles. The zero-order valence-corrected chi connectivity index (χ0v) is 7.83. The van der Waals surface area contributed by atoms with Gasteiger partial charge >= 0.3 is 7.82 Å². The van der Waals surface area contributed by atoms with E-state index in [9.17, 15) is 4.57 Å². The summed E-state index contributed by atoms with van der Waals surface area (Å²) < 4.78 is 14.0. The average Bonchev–Trinajstić information content (AvgIpc) is 2.10. The Labute approximate surface area is 78.9 Å². The first-order valence-electron chi connectivity index (χ1n) is 3.38. The molecular formula is C5H11O8P. The summed E-state index contributed by atoms with van der Waals surface area (Å²) in [4.78, 5) is 16.4. The van der Waals surface area contributed by atoms with Crippen LogP contribution in [0, 0.1) is 0 Å². The Balaban J connectivity index is 4.23. The van der Waals surface area contributed by atoms with Crippen molar-refractivity contribution in [2.24, 2.45) is 0 Å². The second-order valence-corrected chi connectivity index (χ2v) is 3.53. The molecule has 0 aromatic rings. The maximum Gasteiger partial charge on any atom is 0.469 e. The van der Waals surface area contributed by atoms with Crippen molar-refractivity contribution < 1.29 is 39.3 Å². The van der Waals surface area contributed by atoms with Crippen molar-refractivity contribution in [3.63, 3.8) is 0 Å². The molecule has 14 heavy (non-hydrogen) atoms. The predicted molar refractivity (Wildman–Crippen MR) is 43.4 cm³/mol. The number of aliphatic hydroxyl groups is 4. The molecule has 0 spiro atoms. The van der Waals surface area contributed by atoms with Crippen LogP contribution in [0.2, 0.25) is 0 Å². The summed E-state index contributed by atoms with van der Waals surface area (Å²) in [6, 6.07) is 0. The van der Waals surface area contributed by atoms with Gasteiger partial charge in [0.15, 0.2) is 11.5 Å². The van der Waals surface area contributed by atoms with Crippen LogP contribution in [0.15, 0.2) is 11.5 Å². The maximum absolute atomic E-state index is 10.1. The van der Waals surface area contributed by atoms with Gasteiger partial charge in [0.1, 0.15) is 12.7 Å². The Kier molecular flexibility index (Phi) is 5.06. The fourth-order valence-electron chi connectivity index (χ4n) is 0.520. The zero-order chi connectivity index (χ0) is 11.4. The lowest BCUT2D eigenvalue weighted by Gasteiger charge is -2.11. The summed E-state index contributed by atoms with van der Waals surface area (Å²) in [7, 11) is -4.74. The highest BCUT2D eigenvalue weighted by atomic mass is 31.2. The Morgan fingerprint density at radius 1 is 1.36 bits per heavy atom. The third-order valence-corrected chi connectivity index (χ3v) is 1.65. The third-order valence-electron chi connectivity index (χ3n) is 1.16. The van der Waals surface area contributed by atoms with Crippen molar-refractivity contribution in [2.75, 3.05) is 13.2 Å². The van der Waals surface area contributed by atoms with E-state index < -0.39 is 38.7 Å². The Morgan fingerprint density at radius 3 is 2.21 bits per heavy atom. The van der Waals surface area contributed by atoms with Gasteiger partial charge in [-0.05, 0) is 0 Å². The van der Waals surface area contributed by atoms with Crippen LogP contribution in [0.3, 0.4) is 0 Å². The summed E-state index contributed by atoms with van der Waals surface area (Å²) in [6.45, 7) is -1.81. The van der Waals surface area contributed by atoms with Crippen molar-refractivity contribution in [2.45, 2.75) is 6.10 Å². The summed E-state index contributed by atoms with van der Waals surface area (Å²) in [5, 5.41) is 34.8. The van der Waals surface area contributed by atoms with Crippen LogP contribution >= 0.6 is 7.82 Å². The minimum absolute atomic E-state index is 0.896. The smallest absolute Gasteiger partial charge is 0.469 e. The normalized spacial score (nSPS) is 16.3. The van der Waals surface area contributed by atoms with Gasteiger partial charge in [-0.1, -0.05) is 0 Å². The fourth-order valence-corrected chi connectivity index (χ4v) is 0.855. The number of hydrogen-bond acceptors (Lipinski definition) is 6. The van der Waals surface area contributed by atoms with Crippen LogP contribution in [-0.4, -0.2) is 49.5 Å². The number of aliphatic hydroxyl groups excluding tert-OH is 4. The lowest BCUT2D eigenvalue weighted by molar-refractivity contribution is 0.0693. The molecule has 0 heterocycles. The second-order valence-electron chi connectivity index (χ2n) is 2.29. The summed E-state index contributed by atoms with van der Waals surface area (Å²) in [6.07, 6.45) is -1.81. The predicted octanol–water partition coefficient (Wildman–Crippen LogP) is -1.22. The topological polar surface area (TPSA) is 148 Å². The van der Waals surface area contributed by atoms with Gasteiger partial charge in [-0.15, -0.1) is 0 Å². The molecule has 0 bridgehead atoms. The van der Waals surface area contributed by atoms with Gasteiger partial charge < -0.3 is 30.2 Å². The quantitative estimate of drug-likeness (QED) is 0.254. The van der Waals surface area contributed by atoms with Gasteiger partial charge in [-0.3, -0.25) is 4.52 Å². The molecule has 0 aliphatic heterocycles. The van der Waals surface area contributed by atoms with E-state index in [0.29, 0.717) is 0 Å². The van der Waals surface area contributed by atoms with Crippen LogP contribution in [0.1, 0.15) is 0 Å². The SMILES string of the molecule is O=P(O)(O)OC[C@@H](O)/C(O)=C(/O)CO. The molecule has 0 aliphatic carbocycles. The molecule has 0 radical (unpaired) electrons. The molecule has 84 valence electrons. The minimum atomic E-state index is -4.74. The van der Waals surface area contributed by atoms with E-state index >= 15 is 0 Å². The molecule has 8 nitrogen and oxygen atoms in total. The van der Waals surface area contributed by atoms with E-state index in [2.05, 4.69) is 4.52 Å². The van der Waals surface area contributed by atoms with Crippen molar-refractivity contribution in [3.05, 3.63) is 11.5 Å². The van der Waals surface area contributed by atoms with E-state index in [0.717, 1.165) is 0 Å². The van der Waals surface area contributed by atoms with E-state index in [1.807, 2.05) is 0 Å². The van der Waals surface area contributed by atoms with Gasteiger partial charge in [-0.2, -0.15) is 0 Å². The monoisotopic (exact) mass is 230 g/mol. The Bertz CT molecular complexity index is 254. The lowest BCUT2D eigenvalue weighted by atomic mass is 10.3. The summed E-state index contributed by atoms with van der Waals surface area (Å²) in [5.41, 5.74) is 0. The number of hydrogen-bond donors (Lipinski definition) is 6. The van der Waals surface area contributed by atoms with Crippen LogP contribution < -0.4 is 0 Å². The van der Waals surface area contributed by atoms with E-state index in [-0.39, 0.29) is 0 Å². The molecule has 9 heteroatoms. The maximum atomic E-state index is 10.1. The first-order chi connectivity index (χ1) is 6.28. The highest BCUT2D eigenvalue weighted by Gasteiger charge is 2.20. The molecule has 0 saturated heterocycles. The lowest BCUT2D eigenvalue weighted by Crippen LogP contribution is -2.19. The van der Waals surface area contributed by atoms with Crippen molar-refractivity contribution in [3.8, 4) is 0 Å². The number of phosphoric ester groups is 1. The molecular weight excluding hydrogens is 219 g/mol. The second kappa shape index (κ2) is 5.30. The molecule has 1 atom stereocenters. The first kappa shape index (κ1) is 13.4. The Morgan fingerprint density at radius 2 is 1.86 bits per heavy atom. The van der Waals surface area contributed by atoms with Gasteiger partial charge in [0.05, 0.1) is 6.61 Å². The first-order valence-corrected chi connectivity index (χ1v) is 4.91. The van der Waals surface area contributed by atoms with E-state index in [1.165, 1.54) is 0 Å². The van der Waals surface area contributed by atoms with Crippen molar-refractivity contribution in [1.82, 2.24) is 0 Å². The van der Waals surface area contributed by atoms with Crippen molar-refractivity contribution >= 4 is 7.82 Å². The number of phosphoric acid groups is 1. The molecule has 0 aliphatic rings. The van der Waals surface area contributed by atoms with Gasteiger partial charge in [0.2, 0.25) is 0 Å². The summed E-state index contributed by atoms with van der Waals surface area (Å²) >= 11 is 0. The van der Waals surface area contributed by atoms with Crippen LogP contribution in [0.4, 0.5) is 0 Å². The molecule has 0 saturated carbocycles. The molecule has 0 unspecified atom stereocenters. The van der Waals surface area contributed by atoms with Gasteiger partial charge in [0.25, 0.3) is 0 Å². The Hall–Kier alpha value is -0.630. The highest BCUT2D eigenvalue weighted by molar-refractivity contribution is 7.46. The molecule has 0 fully saturated rings. The average molecular weight is 230 g/mol. The zero-order valence-electron chi connectivity index (χ0n) is 6.94. The minimum Gasteiger partial charge on any atom is -0.506 e. The van der Waals surface area contributed by atoms with Crippen LogP contribution in [-0.2, 0) is 9.09 Å². The van der Waals surface area contributed by atoms with Gasteiger partial charge in [0, 0.05) is 0 Å². The number of rotatable bonds is 5. The molecule has 0 rings (SSSR count). The third kappa shape index (κ3) is 5.18. The molecule has 0 aromatic carbocycles. The summed E-state index contributed by atoms with van der Waals surface area (Å²) in [5.74, 6) is -1.90. The molecule has 6 N–H and O–H groups in total. The molecule has 0 amide bonds. The van der Waals surface area contributed by atoms with Crippen LogP contribution in [0.25, 0.3) is 0 Å².